The number of aryl methyl sites for hydroxylation is 1. The molecule has 1 aromatic heterocycles. The van der Waals surface area contributed by atoms with Crippen LogP contribution in [0, 0.1) is 5.82 Å². The first-order valence-corrected chi connectivity index (χ1v) is 7.52. The second-order valence-corrected chi connectivity index (χ2v) is 6.02. The summed E-state index contributed by atoms with van der Waals surface area (Å²) in [6.45, 7) is 0. The highest BCUT2D eigenvalue weighted by Gasteiger charge is 2.11. The summed E-state index contributed by atoms with van der Waals surface area (Å²) in [5, 5.41) is 5.38. The third-order valence-electron chi connectivity index (χ3n) is 2.95. The fraction of sp³-hybridized carbons (Fsp3) is 0.286. The van der Waals surface area contributed by atoms with Gasteiger partial charge in [0.25, 0.3) is 0 Å². The van der Waals surface area contributed by atoms with Gasteiger partial charge in [0, 0.05) is 10.9 Å². The highest BCUT2D eigenvalue weighted by Crippen LogP contribution is 2.25. The molecule has 0 bridgehead atoms. The Bertz CT molecular complexity index is 499. The average molecular weight is 328 g/mol. The van der Waals surface area contributed by atoms with E-state index in [9.17, 15) is 4.39 Å². The molecular weight excluding hydrogens is 313 g/mol. The number of benzene rings is 1. The second kappa shape index (κ2) is 6.45. The van der Waals surface area contributed by atoms with E-state index in [1.165, 1.54) is 10.9 Å². The molecule has 0 aliphatic rings. The Balaban J connectivity index is 2.05. The van der Waals surface area contributed by atoms with Crippen LogP contribution in [0.15, 0.2) is 40.2 Å². The zero-order chi connectivity index (χ0) is 13.0. The molecule has 1 N–H and O–H groups in total. The molecular formula is C14H15BrFNS. The largest absolute Gasteiger partial charge is 0.313 e. The van der Waals surface area contributed by atoms with Crippen molar-refractivity contribution in [1.82, 2.24) is 5.32 Å². The predicted molar refractivity (Wildman–Crippen MR) is 78.5 cm³/mol. The lowest BCUT2D eigenvalue weighted by molar-refractivity contribution is 0.548. The van der Waals surface area contributed by atoms with Gasteiger partial charge in [0.15, 0.2) is 0 Å². The minimum absolute atomic E-state index is 0.216. The highest BCUT2D eigenvalue weighted by atomic mass is 79.9. The van der Waals surface area contributed by atoms with Gasteiger partial charge < -0.3 is 5.32 Å². The van der Waals surface area contributed by atoms with E-state index in [0.29, 0.717) is 4.47 Å². The van der Waals surface area contributed by atoms with E-state index in [1.54, 1.807) is 11.3 Å². The number of hydrogen-bond donors (Lipinski definition) is 1. The number of rotatable bonds is 5. The molecule has 0 saturated carbocycles. The molecule has 1 nitrogen and oxygen atoms in total. The lowest BCUT2D eigenvalue weighted by Crippen LogP contribution is -2.17. The Hall–Kier alpha value is -0.710. The Morgan fingerprint density at radius 1 is 1.39 bits per heavy atom. The number of halogens is 2. The van der Waals surface area contributed by atoms with Crippen LogP contribution in [-0.4, -0.2) is 7.05 Å². The minimum Gasteiger partial charge on any atom is -0.313 e. The van der Waals surface area contributed by atoms with Crippen LogP contribution in [0.4, 0.5) is 4.39 Å². The van der Waals surface area contributed by atoms with Crippen LogP contribution in [-0.2, 0) is 6.42 Å². The van der Waals surface area contributed by atoms with Crippen LogP contribution in [0.2, 0.25) is 0 Å². The van der Waals surface area contributed by atoms with Crippen LogP contribution >= 0.6 is 27.3 Å². The standard InChI is InChI=1S/C14H15BrFNS/c1-17-14(7-5-11-3-2-8-18-11)10-4-6-13(16)12(15)9-10/h2-4,6,8-9,14,17H,5,7H2,1H3. The van der Waals surface area contributed by atoms with Crippen molar-refractivity contribution in [1.29, 1.82) is 0 Å². The van der Waals surface area contributed by atoms with Crippen molar-refractivity contribution in [2.75, 3.05) is 7.05 Å². The molecule has 1 atom stereocenters. The molecule has 18 heavy (non-hydrogen) atoms. The lowest BCUT2D eigenvalue weighted by Gasteiger charge is -2.16. The smallest absolute Gasteiger partial charge is 0.137 e. The topological polar surface area (TPSA) is 12.0 Å². The summed E-state index contributed by atoms with van der Waals surface area (Å²) in [5.74, 6) is -0.216. The van der Waals surface area contributed by atoms with E-state index < -0.39 is 0 Å². The molecule has 4 heteroatoms. The molecule has 1 heterocycles. The van der Waals surface area contributed by atoms with E-state index in [0.717, 1.165) is 18.4 Å². The molecule has 0 fully saturated rings. The van der Waals surface area contributed by atoms with Crippen LogP contribution in [0.1, 0.15) is 22.9 Å². The van der Waals surface area contributed by atoms with Gasteiger partial charge in [-0.25, -0.2) is 4.39 Å². The van der Waals surface area contributed by atoms with Gasteiger partial charge >= 0.3 is 0 Å². The number of hydrogen-bond acceptors (Lipinski definition) is 2. The quantitative estimate of drug-likeness (QED) is 0.849. The van der Waals surface area contributed by atoms with Crippen molar-refractivity contribution < 1.29 is 4.39 Å². The first kappa shape index (κ1) is 13.7. The summed E-state index contributed by atoms with van der Waals surface area (Å²) in [7, 11) is 1.94. The molecule has 2 rings (SSSR count). The predicted octanol–water partition coefficient (Wildman–Crippen LogP) is 4.54. The number of nitrogens with one attached hydrogen (secondary N) is 1. The van der Waals surface area contributed by atoms with Crippen LogP contribution in [0.25, 0.3) is 0 Å². The summed E-state index contributed by atoms with van der Waals surface area (Å²) >= 11 is 5.01. The van der Waals surface area contributed by atoms with Crippen molar-refractivity contribution in [2.24, 2.45) is 0 Å². The van der Waals surface area contributed by atoms with Gasteiger partial charge in [-0.05, 0) is 65.0 Å². The molecule has 0 aliphatic carbocycles. The second-order valence-electron chi connectivity index (χ2n) is 4.13. The minimum atomic E-state index is -0.216. The van der Waals surface area contributed by atoms with Crippen LogP contribution in [0.5, 0.6) is 0 Å². The van der Waals surface area contributed by atoms with Crippen molar-refractivity contribution in [3.8, 4) is 0 Å². The molecule has 1 aromatic carbocycles. The van der Waals surface area contributed by atoms with Gasteiger partial charge in [0.1, 0.15) is 5.82 Å². The van der Waals surface area contributed by atoms with Crippen molar-refractivity contribution in [2.45, 2.75) is 18.9 Å². The first-order chi connectivity index (χ1) is 8.70. The Kier molecular flexibility index (Phi) is 4.92. The molecule has 1 unspecified atom stereocenters. The van der Waals surface area contributed by atoms with Crippen molar-refractivity contribution in [3.63, 3.8) is 0 Å². The molecule has 0 amide bonds. The average Bonchev–Trinajstić information content (AvgIpc) is 2.87. The lowest BCUT2D eigenvalue weighted by atomic mass is 10.0. The molecule has 0 spiro atoms. The maximum Gasteiger partial charge on any atom is 0.137 e. The summed E-state index contributed by atoms with van der Waals surface area (Å²) in [6, 6.07) is 9.68. The zero-order valence-electron chi connectivity index (χ0n) is 10.1. The fourth-order valence-electron chi connectivity index (χ4n) is 1.95. The summed E-state index contributed by atoms with van der Waals surface area (Å²) < 4.78 is 13.7. The Morgan fingerprint density at radius 2 is 2.22 bits per heavy atom. The molecule has 0 aliphatic heterocycles. The van der Waals surface area contributed by atoms with Gasteiger partial charge in [-0.3, -0.25) is 0 Å². The maximum absolute atomic E-state index is 13.2. The third-order valence-corrected chi connectivity index (χ3v) is 4.50. The summed E-state index contributed by atoms with van der Waals surface area (Å²) in [4.78, 5) is 1.39. The maximum atomic E-state index is 13.2. The summed E-state index contributed by atoms with van der Waals surface area (Å²) in [6.07, 6.45) is 2.05. The van der Waals surface area contributed by atoms with Crippen molar-refractivity contribution >= 4 is 27.3 Å². The number of thiophene rings is 1. The fourth-order valence-corrected chi connectivity index (χ4v) is 3.07. The van der Waals surface area contributed by atoms with Gasteiger partial charge in [0.05, 0.1) is 4.47 Å². The normalized spacial score (nSPS) is 12.6. The Labute approximate surface area is 119 Å². The molecule has 2 aromatic rings. The van der Waals surface area contributed by atoms with Crippen LogP contribution in [0.3, 0.4) is 0 Å². The zero-order valence-corrected chi connectivity index (χ0v) is 12.5. The van der Waals surface area contributed by atoms with E-state index >= 15 is 0 Å². The van der Waals surface area contributed by atoms with Gasteiger partial charge in [0.2, 0.25) is 0 Å². The third kappa shape index (κ3) is 3.40. The SMILES string of the molecule is CNC(CCc1cccs1)c1ccc(F)c(Br)c1. The van der Waals surface area contributed by atoms with E-state index in [-0.39, 0.29) is 11.9 Å². The van der Waals surface area contributed by atoms with Gasteiger partial charge in [-0.2, -0.15) is 0 Å². The molecule has 0 radical (unpaired) electrons. The molecule has 96 valence electrons. The summed E-state index contributed by atoms with van der Waals surface area (Å²) in [5.41, 5.74) is 1.11. The first-order valence-electron chi connectivity index (χ1n) is 5.85. The van der Waals surface area contributed by atoms with Gasteiger partial charge in [-0.1, -0.05) is 12.1 Å². The molecule has 0 saturated heterocycles. The van der Waals surface area contributed by atoms with Crippen molar-refractivity contribution in [3.05, 3.63) is 56.4 Å². The van der Waals surface area contributed by atoms with Gasteiger partial charge in [-0.15, -0.1) is 11.3 Å². The Morgan fingerprint density at radius 3 is 2.83 bits per heavy atom. The van der Waals surface area contributed by atoms with E-state index in [4.69, 9.17) is 0 Å². The highest BCUT2D eigenvalue weighted by molar-refractivity contribution is 9.10. The van der Waals surface area contributed by atoms with Crippen LogP contribution < -0.4 is 5.32 Å². The monoisotopic (exact) mass is 327 g/mol. The van der Waals surface area contributed by atoms with E-state index in [1.807, 2.05) is 19.2 Å². The van der Waals surface area contributed by atoms with E-state index in [2.05, 4.69) is 38.8 Å².